The number of thiazole rings is 1. The Kier molecular flexibility index (Phi) is 4.30. The van der Waals surface area contributed by atoms with Gasteiger partial charge in [0.2, 0.25) is 5.91 Å². The maximum Gasteiger partial charge on any atom is 0.308 e. The SMILES string of the molecule is C[C@@H]1CCc2c(sc(=O)n2CC(=O)Nc2cc(F)ccc2F)C1. The molecule has 0 saturated carbocycles. The van der Waals surface area contributed by atoms with Crippen molar-refractivity contribution in [1.29, 1.82) is 0 Å². The molecule has 0 fully saturated rings. The van der Waals surface area contributed by atoms with Gasteiger partial charge in [0, 0.05) is 16.6 Å². The highest BCUT2D eigenvalue weighted by molar-refractivity contribution is 7.09. The van der Waals surface area contributed by atoms with E-state index in [1.165, 1.54) is 15.9 Å². The summed E-state index contributed by atoms with van der Waals surface area (Å²) in [4.78, 5) is 25.0. The van der Waals surface area contributed by atoms with Gasteiger partial charge in [-0.15, -0.1) is 0 Å². The number of hydrogen-bond donors (Lipinski definition) is 1. The maximum atomic E-state index is 13.6. The first-order valence-corrected chi connectivity index (χ1v) is 8.22. The number of amides is 1. The molecule has 2 aromatic rings. The average molecular weight is 338 g/mol. The first-order chi connectivity index (χ1) is 10.9. The van der Waals surface area contributed by atoms with Crippen LogP contribution in [-0.2, 0) is 24.2 Å². The number of anilines is 1. The summed E-state index contributed by atoms with van der Waals surface area (Å²) in [6, 6.07) is 2.84. The minimum absolute atomic E-state index is 0.182. The number of fused-ring (bicyclic) bond motifs is 1. The second kappa shape index (κ2) is 6.23. The van der Waals surface area contributed by atoms with Crippen molar-refractivity contribution in [3.8, 4) is 0 Å². The van der Waals surface area contributed by atoms with Crippen molar-refractivity contribution in [1.82, 2.24) is 4.57 Å². The molecule has 7 heteroatoms. The van der Waals surface area contributed by atoms with Gasteiger partial charge < -0.3 is 5.32 Å². The van der Waals surface area contributed by atoms with E-state index >= 15 is 0 Å². The van der Waals surface area contributed by atoms with Crippen molar-refractivity contribution in [2.24, 2.45) is 5.92 Å². The lowest BCUT2D eigenvalue weighted by molar-refractivity contribution is -0.116. The molecule has 0 radical (unpaired) electrons. The summed E-state index contributed by atoms with van der Waals surface area (Å²) in [5.41, 5.74) is 0.675. The van der Waals surface area contributed by atoms with Gasteiger partial charge in [0.05, 0.1) is 5.69 Å². The van der Waals surface area contributed by atoms with E-state index in [2.05, 4.69) is 12.2 Å². The number of rotatable bonds is 3. The molecule has 1 amide bonds. The van der Waals surface area contributed by atoms with E-state index in [0.29, 0.717) is 5.92 Å². The highest BCUT2D eigenvalue weighted by atomic mass is 32.1. The fraction of sp³-hybridized carbons (Fsp3) is 0.375. The highest BCUT2D eigenvalue weighted by Gasteiger charge is 2.23. The molecule has 0 unspecified atom stereocenters. The molecule has 1 aromatic carbocycles. The monoisotopic (exact) mass is 338 g/mol. The van der Waals surface area contributed by atoms with Gasteiger partial charge in [-0.3, -0.25) is 14.2 Å². The first-order valence-electron chi connectivity index (χ1n) is 7.40. The summed E-state index contributed by atoms with van der Waals surface area (Å²) in [5.74, 6) is -1.37. The average Bonchev–Trinajstić information content (AvgIpc) is 2.78. The Bertz CT molecular complexity index is 813. The van der Waals surface area contributed by atoms with E-state index in [1.54, 1.807) is 0 Å². The molecular formula is C16H16F2N2O2S. The number of nitrogens with one attached hydrogen (secondary N) is 1. The van der Waals surface area contributed by atoms with Gasteiger partial charge in [0.15, 0.2) is 0 Å². The minimum atomic E-state index is -0.715. The van der Waals surface area contributed by atoms with E-state index in [9.17, 15) is 18.4 Å². The van der Waals surface area contributed by atoms with Crippen molar-refractivity contribution in [2.75, 3.05) is 5.32 Å². The summed E-state index contributed by atoms with van der Waals surface area (Å²) in [7, 11) is 0. The number of nitrogens with zero attached hydrogens (tertiary/aromatic N) is 1. The largest absolute Gasteiger partial charge is 0.322 e. The Morgan fingerprint density at radius 3 is 3.00 bits per heavy atom. The van der Waals surface area contributed by atoms with Crippen LogP contribution in [0.5, 0.6) is 0 Å². The quantitative estimate of drug-likeness (QED) is 0.935. The second-order valence-electron chi connectivity index (χ2n) is 5.84. The van der Waals surface area contributed by atoms with E-state index in [0.717, 1.165) is 48.0 Å². The molecule has 0 spiro atoms. The molecule has 4 nitrogen and oxygen atoms in total. The molecule has 0 aliphatic heterocycles. The van der Waals surface area contributed by atoms with Crippen LogP contribution in [0.3, 0.4) is 0 Å². The van der Waals surface area contributed by atoms with E-state index in [-0.39, 0.29) is 17.1 Å². The summed E-state index contributed by atoms with van der Waals surface area (Å²) in [6.07, 6.45) is 2.59. The number of carbonyl (C=O) groups excluding carboxylic acids is 1. The van der Waals surface area contributed by atoms with Crippen molar-refractivity contribution < 1.29 is 13.6 Å². The van der Waals surface area contributed by atoms with E-state index < -0.39 is 17.5 Å². The minimum Gasteiger partial charge on any atom is -0.322 e. The predicted octanol–water partition coefficient (Wildman–Crippen LogP) is 2.95. The van der Waals surface area contributed by atoms with Gasteiger partial charge in [-0.05, 0) is 37.3 Å². The first kappa shape index (κ1) is 15.9. The fourth-order valence-electron chi connectivity index (χ4n) is 2.80. The lowest BCUT2D eigenvalue weighted by atomic mass is 9.93. The van der Waals surface area contributed by atoms with Gasteiger partial charge in [0.1, 0.15) is 18.2 Å². The highest BCUT2D eigenvalue weighted by Crippen LogP contribution is 2.27. The van der Waals surface area contributed by atoms with Crippen LogP contribution in [0, 0.1) is 17.6 Å². The molecule has 1 aliphatic carbocycles. The molecule has 122 valence electrons. The zero-order valence-electron chi connectivity index (χ0n) is 12.6. The lowest BCUT2D eigenvalue weighted by Gasteiger charge is -2.19. The molecule has 0 bridgehead atoms. The normalized spacial score (nSPS) is 16.9. The van der Waals surface area contributed by atoms with Crippen LogP contribution in [0.15, 0.2) is 23.0 Å². The van der Waals surface area contributed by atoms with Crippen LogP contribution in [0.1, 0.15) is 23.9 Å². The van der Waals surface area contributed by atoms with Gasteiger partial charge in [-0.25, -0.2) is 8.78 Å². The van der Waals surface area contributed by atoms with Crippen molar-refractivity contribution >= 4 is 22.9 Å². The van der Waals surface area contributed by atoms with Crippen molar-refractivity contribution in [3.63, 3.8) is 0 Å². The van der Waals surface area contributed by atoms with Crippen molar-refractivity contribution in [3.05, 3.63) is 50.1 Å². The Morgan fingerprint density at radius 1 is 1.43 bits per heavy atom. The molecule has 3 rings (SSSR count). The lowest BCUT2D eigenvalue weighted by Crippen LogP contribution is -2.27. The Hall–Kier alpha value is -2.02. The Balaban J connectivity index is 1.79. The number of benzene rings is 1. The molecule has 1 N–H and O–H groups in total. The maximum absolute atomic E-state index is 13.6. The van der Waals surface area contributed by atoms with Gasteiger partial charge in [0.25, 0.3) is 0 Å². The molecule has 23 heavy (non-hydrogen) atoms. The number of hydrogen-bond acceptors (Lipinski definition) is 3. The van der Waals surface area contributed by atoms with Crippen LogP contribution >= 0.6 is 11.3 Å². The molecule has 0 saturated heterocycles. The number of halogens is 2. The molecule has 1 atom stereocenters. The summed E-state index contributed by atoms with van der Waals surface area (Å²) in [5, 5.41) is 2.32. The number of aromatic nitrogens is 1. The molecule has 1 aromatic heterocycles. The van der Waals surface area contributed by atoms with Gasteiger partial charge in [-0.1, -0.05) is 18.3 Å². The zero-order valence-corrected chi connectivity index (χ0v) is 13.4. The second-order valence-corrected chi connectivity index (χ2v) is 6.89. The topological polar surface area (TPSA) is 51.1 Å². The third kappa shape index (κ3) is 3.34. The fourth-order valence-corrected chi connectivity index (χ4v) is 4.00. The molecular weight excluding hydrogens is 322 g/mol. The van der Waals surface area contributed by atoms with E-state index in [4.69, 9.17) is 0 Å². The predicted molar refractivity (Wildman–Crippen MR) is 84.8 cm³/mol. The molecule has 1 aliphatic rings. The van der Waals surface area contributed by atoms with E-state index in [1.807, 2.05) is 0 Å². The van der Waals surface area contributed by atoms with Crippen LogP contribution in [0.4, 0.5) is 14.5 Å². The molecule has 1 heterocycles. The smallest absolute Gasteiger partial charge is 0.308 e. The van der Waals surface area contributed by atoms with Crippen molar-refractivity contribution in [2.45, 2.75) is 32.7 Å². The standard InChI is InChI=1S/C16H16F2N2O2S/c1-9-2-5-13-14(6-9)23-16(22)20(13)8-15(21)19-12-7-10(17)3-4-11(12)18/h3-4,7,9H,2,5-6,8H2,1H3,(H,19,21)/t9-/m1/s1. The van der Waals surface area contributed by atoms with Crippen LogP contribution < -0.4 is 10.2 Å². The summed E-state index contributed by atoms with van der Waals surface area (Å²) < 4.78 is 28.1. The van der Waals surface area contributed by atoms with Gasteiger partial charge in [-0.2, -0.15) is 0 Å². The summed E-state index contributed by atoms with van der Waals surface area (Å²) >= 11 is 1.17. The third-order valence-electron chi connectivity index (χ3n) is 3.99. The Labute approximate surface area is 135 Å². The van der Waals surface area contributed by atoms with Gasteiger partial charge >= 0.3 is 4.87 Å². The zero-order chi connectivity index (χ0) is 16.6. The van der Waals surface area contributed by atoms with Crippen LogP contribution in [0.2, 0.25) is 0 Å². The van der Waals surface area contributed by atoms with Crippen LogP contribution in [0.25, 0.3) is 0 Å². The number of carbonyl (C=O) groups is 1. The third-order valence-corrected chi connectivity index (χ3v) is 5.03. The summed E-state index contributed by atoms with van der Waals surface area (Å²) in [6.45, 7) is 1.95. The Morgan fingerprint density at radius 2 is 2.22 bits per heavy atom. The van der Waals surface area contributed by atoms with Crippen LogP contribution in [-0.4, -0.2) is 10.5 Å².